The zero-order valence-corrected chi connectivity index (χ0v) is 25.2. The first-order chi connectivity index (χ1) is 19.9. The molecule has 42 heavy (non-hydrogen) atoms. The lowest BCUT2D eigenvalue weighted by atomic mass is 9.68. The molecule has 1 fully saturated rings. The Hall–Kier alpha value is -3.91. The van der Waals surface area contributed by atoms with Gasteiger partial charge in [-0.25, -0.2) is 14.6 Å². The van der Waals surface area contributed by atoms with E-state index in [9.17, 15) is 19.2 Å². The zero-order valence-electron chi connectivity index (χ0n) is 24.4. The van der Waals surface area contributed by atoms with Crippen molar-refractivity contribution in [1.82, 2.24) is 26.5 Å². The van der Waals surface area contributed by atoms with Crippen molar-refractivity contribution in [1.29, 1.82) is 0 Å². The van der Waals surface area contributed by atoms with E-state index in [-0.39, 0.29) is 35.0 Å². The summed E-state index contributed by atoms with van der Waals surface area (Å²) >= 11 is 0.986. The number of carbonyl (C=O) groups excluding carboxylic acids is 4. The first kappa shape index (κ1) is 31.0. The van der Waals surface area contributed by atoms with Gasteiger partial charge in [-0.3, -0.25) is 9.59 Å². The van der Waals surface area contributed by atoms with Crippen LogP contribution in [0.5, 0.6) is 0 Å². The predicted octanol–water partition coefficient (Wildman–Crippen LogP) is 2.58. The number of rotatable bonds is 9. The number of fused-ring (bicyclic) bond motifs is 1. The first-order valence-corrected chi connectivity index (χ1v) is 14.6. The van der Waals surface area contributed by atoms with Crippen molar-refractivity contribution in [3.05, 3.63) is 46.3 Å². The van der Waals surface area contributed by atoms with Crippen LogP contribution in [0.1, 0.15) is 61.8 Å². The number of amides is 3. The van der Waals surface area contributed by atoms with Crippen molar-refractivity contribution in [2.24, 2.45) is 5.41 Å². The van der Waals surface area contributed by atoms with Crippen molar-refractivity contribution < 1.29 is 33.4 Å². The molecular formula is C28H38N6O7S. The Morgan fingerprint density at radius 1 is 1.26 bits per heavy atom. The maximum atomic E-state index is 13.4. The number of aromatic nitrogens is 1. The third kappa shape index (κ3) is 7.29. The van der Waals surface area contributed by atoms with Gasteiger partial charge in [0.15, 0.2) is 5.13 Å². The van der Waals surface area contributed by atoms with Crippen LogP contribution in [0.3, 0.4) is 0 Å². The summed E-state index contributed by atoms with van der Waals surface area (Å²) in [5, 5.41) is 8.12. The van der Waals surface area contributed by atoms with Gasteiger partial charge in [0, 0.05) is 24.8 Å². The number of alkyl carbamates (subject to hydrolysis) is 1. The number of hydrogen-bond donors (Lipinski definition) is 5. The van der Waals surface area contributed by atoms with Gasteiger partial charge in [-0.2, -0.15) is 0 Å². The normalized spacial score (nSPS) is 21.9. The molecule has 3 aliphatic rings. The third-order valence-corrected chi connectivity index (χ3v) is 8.04. The Kier molecular flexibility index (Phi) is 9.57. The Bertz CT molecular complexity index is 1310. The molecule has 0 spiro atoms. The highest BCUT2D eigenvalue weighted by Crippen LogP contribution is 2.47. The summed E-state index contributed by atoms with van der Waals surface area (Å²) < 4.78 is 16.1. The molecule has 5 N–H and O–H groups in total. The quantitative estimate of drug-likeness (QED) is 0.265. The van der Waals surface area contributed by atoms with Gasteiger partial charge in [-0.05, 0) is 53.0 Å². The predicted molar refractivity (Wildman–Crippen MR) is 155 cm³/mol. The average molecular weight is 603 g/mol. The maximum absolute atomic E-state index is 13.4. The van der Waals surface area contributed by atoms with Gasteiger partial charge in [-0.15, -0.1) is 0 Å². The fraction of sp³-hybridized carbons (Fsp3) is 0.536. The highest BCUT2D eigenvalue weighted by atomic mass is 32.1. The van der Waals surface area contributed by atoms with E-state index in [1.807, 2.05) is 24.4 Å². The van der Waals surface area contributed by atoms with Crippen LogP contribution in [0, 0.1) is 12.3 Å². The molecule has 0 bridgehead atoms. The molecular weight excluding hydrogens is 564 g/mol. The van der Waals surface area contributed by atoms with Crippen molar-refractivity contribution >= 4 is 40.3 Å². The minimum atomic E-state index is -1.17. The van der Waals surface area contributed by atoms with Crippen molar-refractivity contribution in [2.75, 3.05) is 25.6 Å². The lowest BCUT2D eigenvalue weighted by Gasteiger charge is -2.42. The van der Waals surface area contributed by atoms with Gasteiger partial charge in [0.2, 0.25) is 5.91 Å². The number of anilines is 1. The number of nitrogens with zero attached hydrogens (tertiary/aromatic N) is 1. The Morgan fingerprint density at radius 3 is 2.74 bits per heavy atom. The van der Waals surface area contributed by atoms with E-state index < -0.39 is 35.0 Å². The molecule has 13 nitrogen and oxygen atoms in total. The molecule has 0 radical (unpaired) electrons. The number of nitrogens with one attached hydrogen (secondary N) is 5. The monoisotopic (exact) mass is 602 g/mol. The lowest BCUT2D eigenvalue weighted by molar-refractivity contribution is -0.142. The lowest BCUT2D eigenvalue weighted by Crippen LogP contribution is -2.49. The summed E-state index contributed by atoms with van der Waals surface area (Å²) in [4.78, 5) is 55.5. The van der Waals surface area contributed by atoms with Gasteiger partial charge in [-0.1, -0.05) is 23.5 Å². The molecule has 3 atom stereocenters. The van der Waals surface area contributed by atoms with Crippen LogP contribution >= 0.6 is 11.3 Å². The minimum Gasteiger partial charge on any atom is -0.467 e. The van der Waals surface area contributed by atoms with E-state index in [2.05, 4.69) is 31.8 Å². The number of aryl methyl sites for hydroxylation is 1. The largest absolute Gasteiger partial charge is 0.467 e. The van der Waals surface area contributed by atoms with Gasteiger partial charge < -0.3 is 41.0 Å². The standard InChI is InChI=1S/C28H38N6O7S/c1-16-22(23(36)32-19(24(37)39-5)15-29-26(38)41-27(2,3)4)42-25(31-16)33-21(35)13-28(20-10-6-7-12-40-20)11-8-9-18-17(28)14-30-34-18/h8-9,11,14,19-20,30,34H,6-7,10,12-13,15H2,1-5H3,(H,29,38)(H,32,36)(H,31,33,35)/t19-,20?,28?/m0/s1. The summed E-state index contributed by atoms with van der Waals surface area (Å²) in [5.74, 6) is -1.63. The number of thiazole rings is 1. The van der Waals surface area contributed by atoms with Crippen LogP contribution < -0.4 is 26.8 Å². The minimum absolute atomic E-state index is 0.113. The van der Waals surface area contributed by atoms with E-state index in [1.165, 1.54) is 7.11 Å². The highest BCUT2D eigenvalue weighted by molar-refractivity contribution is 7.17. The van der Waals surface area contributed by atoms with Crippen molar-refractivity contribution in [3.63, 3.8) is 0 Å². The number of hydrazine groups is 1. The Morgan fingerprint density at radius 2 is 2.05 bits per heavy atom. The summed E-state index contributed by atoms with van der Waals surface area (Å²) in [6.07, 6.45) is 9.80. The Labute approximate surface area is 248 Å². The van der Waals surface area contributed by atoms with Crippen LogP contribution in [0.2, 0.25) is 0 Å². The number of allylic oxidation sites excluding steroid dienone is 3. The van der Waals surface area contributed by atoms with Crippen molar-refractivity contribution in [2.45, 2.75) is 71.1 Å². The first-order valence-electron chi connectivity index (χ1n) is 13.8. The molecule has 1 saturated heterocycles. The fourth-order valence-corrected chi connectivity index (χ4v) is 5.98. The molecule has 0 saturated carbocycles. The highest BCUT2D eigenvalue weighted by Gasteiger charge is 2.46. The van der Waals surface area contributed by atoms with Gasteiger partial charge in [0.05, 0.1) is 36.6 Å². The molecule has 2 unspecified atom stereocenters. The fourth-order valence-electron chi connectivity index (χ4n) is 5.10. The maximum Gasteiger partial charge on any atom is 0.407 e. The number of carbonyl (C=O) groups is 4. The van der Waals surface area contributed by atoms with E-state index in [4.69, 9.17) is 14.2 Å². The van der Waals surface area contributed by atoms with E-state index >= 15 is 0 Å². The molecule has 0 aromatic carbocycles. The molecule has 1 aromatic heterocycles. The van der Waals surface area contributed by atoms with Gasteiger partial charge in [0.1, 0.15) is 16.5 Å². The van der Waals surface area contributed by atoms with Crippen LogP contribution in [-0.4, -0.2) is 66.9 Å². The van der Waals surface area contributed by atoms with Crippen LogP contribution in [0.15, 0.2) is 35.7 Å². The zero-order chi connectivity index (χ0) is 30.5. The summed E-state index contributed by atoms with van der Waals surface area (Å²) in [5.41, 5.74) is 6.96. The van der Waals surface area contributed by atoms with Crippen LogP contribution in [0.4, 0.5) is 9.93 Å². The molecule has 1 aliphatic carbocycles. The Balaban J connectivity index is 1.43. The molecule has 14 heteroatoms. The summed E-state index contributed by atoms with van der Waals surface area (Å²) in [7, 11) is 1.18. The average Bonchev–Trinajstić information content (AvgIpc) is 3.57. The van der Waals surface area contributed by atoms with Gasteiger partial charge in [0.25, 0.3) is 5.91 Å². The SMILES string of the molecule is COC(=O)[C@H](CNC(=O)OC(C)(C)C)NC(=O)c1sc(NC(=O)CC2(C3CCCCO3)C=CC=C3NNC=C32)nc1C. The summed E-state index contributed by atoms with van der Waals surface area (Å²) in [6, 6.07) is -1.17. The second-order valence-electron chi connectivity index (χ2n) is 11.3. The van der Waals surface area contributed by atoms with E-state index in [0.717, 1.165) is 41.9 Å². The number of ether oxygens (including phenoxy) is 3. The second-order valence-corrected chi connectivity index (χ2v) is 12.3. The van der Waals surface area contributed by atoms with Crippen LogP contribution in [0.25, 0.3) is 0 Å². The van der Waals surface area contributed by atoms with E-state index in [1.54, 1.807) is 27.7 Å². The molecule has 3 heterocycles. The number of esters is 1. The number of hydrogen-bond acceptors (Lipinski definition) is 11. The molecule has 228 valence electrons. The second kappa shape index (κ2) is 12.9. The number of methoxy groups -OCH3 is 1. The molecule has 4 rings (SSSR count). The molecule has 1 aromatic rings. The smallest absolute Gasteiger partial charge is 0.407 e. The molecule has 2 aliphatic heterocycles. The van der Waals surface area contributed by atoms with Crippen LogP contribution in [-0.2, 0) is 23.8 Å². The van der Waals surface area contributed by atoms with Crippen molar-refractivity contribution in [3.8, 4) is 0 Å². The third-order valence-electron chi connectivity index (χ3n) is 6.97. The topological polar surface area (TPSA) is 169 Å². The molecule has 3 amide bonds. The van der Waals surface area contributed by atoms with E-state index in [0.29, 0.717) is 12.3 Å². The summed E-state index contributed by atoms with van der Waals surface area (Å²) in [6.45, 7) is 7.15. The van der Waals surface area contributed by atoms with Gasteiger partial charge >= 0.3 is 12.1 Å².